The Kier molecular flexibility index (Phi) is 8.08. The number of anilines is 2. The Morgan fingerprint density at radius 2 is 1.88 bits per heavy atom. The molecule has 136 valence electrons. The summed E-state index contributed by atoms with van der Waals surface area (Å²) in [6.07, 6.45) is 1.17. The van der Waals surface area contributed by atoms with Crippen molar-refractivity contribution in [2.75, 3.05) is 25.3 Å². The van der Waals surface area contributed by atoms with Gasteiger partial charge in [0, 0.05) is 12.5 Å². The fourth-order valence-corrected chi connectivity index (χ4v) is 2.61. The van der Waals surface area contributed by atoms with E-state index in [0.717, 1.165) is 17.7 Å². The molecule has 0 spiro atoms. The molecule has 5 nitrogen and oxygen atoms in total. The van der Waals surface area contributed by atoms with Crippen LogP contribution < -0.4 is 20.5 Å². The number of nitrogen functional groups attached to an aromatic ring is 1. The SMILES string of the molecule is COc1ccc(N)c(NC(=O)CC(C)Cc2ccccc2OC)c1.Cl. The van der Waals surface area contributed by atoms with Crippen LogP contribution in [0.4, 0.5) is 11.4 Å². The number of nitrogens with two attached hydrogens (primary N) is 1. The van der Waals surface area contributed by atoms with Crippen molar-refractivity contribution in [3.8, 4) is 11.5 Å². The van der Waals surface area contributed by atoms with E-state index in [2.05, 4.69) is 5.32 Å². The molecule has 0 aliphatic heterocycles. The molecule has 3 N–H and O–H groups in total. The molecule has 2 aromatic rings. The highest BCUT2D eigenvalue weighted by Crippen LogP contribution is 2.26. The van der Waals surface area contributed by atoms with Gasteiger partial charge in [0.1, 0.15) is 11.5 Å². The van der Waals surface area contributed by atoms with Gasteiger partial charge in [-0.15, -0.1) is 12.4 Å². The van der Waals surface area contributed by atoms with Crippen molar-refractivity contribution in [3.05, 3.63) is 48.0 Å². The van der Waals surface area contributed by atoms with Gasteiger partial charge in [0.05, 0.1) is 25.6 Å². The first-order valence-electron chi connectivity index (χ1n) is 7.88. The van der Waals surface area contributed by atoms with Crippen molar-refractivity contribution in [3.63, 3.8) is 0 Å². The second-order valence-electron chi connectivity index (χ2n) is 5.83. The third kappa shape index (κ3) is 5.87. The van der Waals surface area contributed by atoms with Crippen LogP contribution in [0, 0.1) is 5.92 Å². The monoisotopic (exact) mass is 364 g/mol. The number of carbonyl (C=O) groups excluding carboxylic acids is 1. The maximum atomic E-state index is 12.3. The summed E-state index contributed by atoms with van der Waals surface area (Å²) in [5.74, 6) is 1.61. The number of nitrogens with one attached hydrogen (secondary N) is 1. The minimum atomic E-state index is -0.0719. The first-order valence-corrected chi connectivity index (χ1v) is 7.88. The zero-order chi connectivity index (χ0) is 17.5. The molecule has 25 heavy (non-hydrogen) atoms. The van der Waals surface area contributed by atoms with Gasteiger partial charge in [-0.3, -0.25) is 4.79 Å². The van der Waals surface area contributed by atoms with Gasteiger partial charge < -0.3 is 20.5 Å². The van der Waals surface area contributed by atoms with Crippen LogP contribution in [0.2, 0.25) is 0 Å². The predicted molar refractivity (Wildman–Crippen MR) is 104 cm³/mol. The lowest BCUT2D eigenvalue weighted by atomic mass is 9.97. The van der Waals surface area contributed by atoms with E-state index in [9.17, 15) is 4.79 Å². The summed E-state index contributed by atoms with van der Waals surface area (Å²) in [7, 11) is 3.23. The number of hydrogen-bond acceptors (Lipinski definition) is 4. The van der Waals surface area contributed by atoms with Crippen molar-refractivity contribution >= 4 is 29.7 Å². The molecule has 0 fully saturated rings. The van der Waals surface area contributed by atoms with Gasteiger partial charge >= 0.3 is 0 Å². The fraction of sp³-hybridized carbons (Fsp3) is 0.316. The normalized spacial score (nSPS) is 11.2. The molecule has 1 amide bonds. The maximum absolute atomic E-state index is 12.3. The second kappa shape index (κ2) is 9.79. The topological polar surface area (TPSA) is 73.6 Å². The van der Waals surface area contributed by atoms with E-state index < -0.39 is 0 Å². The van der Waals surface area contributed by atoms with Crippen LogP contribution in [-0.4, -0.2) is 20.1 Å². The van der Waals surface area contributed by atoms with E-state index in [1.165, 1.54) is 0 Å². The number of ether oxygens (including phenoxy) is 2. The van der Waals surface area contributed by atoms with Gasteiger partial charge in [-0.2, -0.15) is 0 Å². The van der Waals surface area contributed by atoms with E-state index in [4.69, 9.17) is 15.2 Å². The summed E-state index contributed by atoms with van der Waals surface area (Å²) >= 11 is 0. The fourth-order valence-electron chi connectivity index (χ4n) is 2.61. The third-order valence-corrected chi connectivity index (χ3v) is 3.83. The van der Waals surface area contributed by atoms with Gasteiger partial charge in [-0.25, -0.2) is 0 Å². The molecule has 0 aliphatic carbocycles. The number of benzene rings is 2. The summed E-state index contributed by atoms with van der Waals surface area (Å²) in [6.45, 7) is 2.04. The minimum Gasteiger partial charge on any atom is -0.497 e. The van der Waals surface area contributed by atoms with E-state index >= 15 is 0 Å². The van der Waals surface area contributed by atoms with Crippen molar-refractivity contribution < 1.29 is 14.3 Å². The lowest BCUT2D eigenvalue weighted by Crippen LogP contribution is -2.17. The predicted octanol–water partition coefficient (Wildman–Crippen LogP) is 3.92. The van der Waals surface area contributed by atoms with E-state index in [1.807, 2.05) is 31.2 Å². The van der Waals surface area contributed by atoms with E-state index in [0.29, 0.717) is 23.5 Å². The van der Waals surface area contributed by atoms with Crippen molar-refractivity contribution in [1.82, 2.24) is 0 Å². The van der Waals surface area contributed by atoms with Crippen LogP contribution >= 0.6 is 12.4 Å². The van der Waals surface area contributed by atoms with E-state index in [-0.39, 0.29) is 24.2 Å². The molecule has 1 atom stereocenters. The molecule has 0 saturated carbocycles. The lowest BCUT2D eigenvalue weighted by molar-refractivity contribution is -0.116. The number of rotatable bonds is 7. The van der Waals surface area contributed by atoms with Crippen LogP contribution in [0.5, 0.6) is 11.5 Å². The highest BCUT2D eigenvalue weighted by atomic mass is 35.5. The zero-order valence-corrected chi connectivity index (χ0v) is 15.6. The third-order valence-electron chi connectivity index (χ3n) is 3.83. The Morgan fingerprint density at radius 3 is 2.56 bits per heavy atom. The van der Waals surface area contributed by atoms with Crippen molar-refractivity contribution in [1.29, 1.82) is 0 Å². The number of carbonyl (C=O) groups is 1. The molecule has 0 heterocycles. The van der Waals surface area contributed by atoms with Gasteiger partial charge in [-0.05, 0) is 36.1 Å². The minimum absolute atomic E-state index is 0. The molecule has 0 radical (unpaired) electrons. The largest absolute Gasteiger partial charge is 0.497 e. The van der Waals surface area contributed by atoms with Crippen LogP contribution in [0.1, 0.15) is 18.9 Å². The molecular formula is C19H25ClN2O3. The second-order valence-corrected chi connectivity index (χ2v) is 5.83. The molecule has 2 aromatic carbocycles. The first kappa shape index (κ1) is 20.6. The van der Waals surface area contributed by atoms with E-state index in [1.54, 1.807) is 32.4 Å². The summed E-state index contributed by atoms with van der Waals surface area (Å²) in [4.78, 5) is 12.3. The summed E-state index contributed by atoms with van der Waals surface area (Å²) < 4.78 is 10.5. The highest BCUT2D eigenvalue weighted by Gasteiger charge is 2.13. The Hall–Kier alpha value is -2.40. The number of amides is 1. The lowest BCUT2D eigenvalue weighted by Gasteiger charge is -2.15. The van der Waals surface area contributed by atoms with Crippen LogP contribution in [0.3, 0.4) is 0 Å². The quantitative estimate of drug-likeness (QED) is 0.730. The molecule has 0 saturated heterocycles. The Bertz CT molecular complexity index is 707. The van der Waals surface area contributed by atoms with Crippen molar-refractivity contribution in [2.45, 2.75) is 19.8 Å². The van der Waals surface area contributed by atoms with Crippen molar-refractivity contribution in [2.24, 2.45) is 5.92 Å². The maximum Gasteiger partial charge on any atom is 0.224 e. The molecule has 0 aliphatic rings. The van der Waals surface area contributed by atoms with Crippen LogP contribution in [-0.2, 0) is 11.2 Å². The smallest absolute Gasteiger partial charge is 0.224 e. The van der Waals surface area contributed by atoms with Gasteiger partial charge in [0.15, 0.2) is 0 Å². The number of para-hydroxylation sites is 1. The average Bonchev–Trinajstić information content (AvgIpc) is 2.57. The molecule has 0 bridgehead atoms. The summed E-state index contributed by atoms with van der Waals surface area (Å²) in [6, 6.07) is 13.1. The Labute approximate surface area is 154 Å². The molecule has 2 rings (SSSR count). The first-order chi connectivity index (χ1) is 11.5. The van der Waals surface area contributed by atoms with Crippen LogP contribution in [0.25, 0.3) is 0 Å². The standard InChI is InChI=1S/C19H24N2O3.ClH/c1-13(10-14-6-4-5-7-18(14)24-3)11-19(22)21-17-12-15(23-2)8-9-16(17)20;/h4-9,12-13H,10-11,20H2,1-3H3,(H,21,22);1H. The van der Waals surface area contributed by atoms with Crippen LogP contribution in [0.15, 0.2) is 42.5 Å². The number of halogens is 1. The van der Waals surface area contributed by atoms with Gasteiger partial charge in [0.2, 0.25) is 5.91 Å². The molecule has 1 unspecified atom stereocenters. The molecule has 6 heteroatoms. The Morgan fingerprint density at radius 1 is 1.16 bits per heavy atom. The zero-order valence-electron chi connectivity index (χ0n) is 14.7. The molecular weight excluding hydrogens is 340 g/mol. The highest BCUT2D eigenvalue weighted by molar-refractivity contribution is 5.94. The van der Waals surface area contributed by atoms with Gasteiger partial charge in [0.25, 0.3) is 0 Å². The number of hydrogen-bond donors (Lipinski definition) is 2. The molecule has 0 aromatic heterocycles. The summed E-state index contributed by atoms with van der Waals surface area (Å²) in [5, 5.41) is 2.86. The number of methoxy groups -OCH3 is 2. The Balaban J connectivity index is 0.00000312. The summed E-state index contributed by atoms with van der Waals surface area (Å²) in [5.41, 5.74) is 8.08. The van der Waals surface area contributed by atoms with Gasteiger partial charge in [-0.1, -0.05) is 25.1 Å². The average molecular weight is 365 g/mol.